The van der Waals surface area contributed by atoms with Crippen molar-refractivity contribution < 1.29 is 17.9 Å². The normalized spacial score (nSPS) is 11.9. The van der Waals surface area contributed by atoms with E-state index < -0.39 is 12.8 Å². The number of aromatic nitrogens is 4. The number of alkyl halides is 3. The standard InChI is InChI=1S/C16H14ClF3N4O/c1-9-3-11(5-21-15(9)25-8-16(18,19)20)6-24-7-12-13(23-24)4-10(2)22-14(12)17/h3-5,7H,6,8H2,1-2H3. The second-order valence-corrected chi connectivity index (χ2v) is 6.04. The van der Waals surface area contributed by atoms with Crippen LogP contribution in [0.15, 0.2) is 24.5 Å². The molecule has 3 aromatic heterocycles. The lowest BCUT2D eigenvalue weighted by atomic mass is 10.2. The van der Waals surface area contributed by atoms with E-state index in [0.29, 0.717) is 17.3 Å². The van der Waals surface area contributed by atoms with E-state index in [2.05, 4.69) is 15.1 Å². The van der Waals surface area contributed by atoms with Crippen molar-refractivity contribution in [1.82, 2.24) is 19.7 Å². The summed E-state index contributed by atoms with van der Waals surface area (Å²) < 4.78 is 43.0. The van der Waals surface area contributed by atoms with Crippen molar-refractivity contribution in [2.24, 2.45) is 0 Å². The summed E-state index contributed by atoms with van der Waals surface area (Å²) in [4.78, 5) is 8.14. The summed E-state index contributed by atoms with van der Waals surface area (Å²) in [6, 6.07) is 3.55. The zero-order valence-corrected chi connectivity index (χ0v) is 14.2. The SMILES string of the molecule is Cc1cc2nn(Cc3cnc(OCC(F)(F)F)c(C)c3)cc2c(Cl)n1. The Kier molecular flexibility index (Phi) is 4.55. The van der Waals surface area contributed by atoms with Gasteiger partial charge in [0.1, 0.15) is 5.15 Å². The fourth-order valence-corrected chi connectivity index (χ4v) is 2.70. The quantitative estimate of drug-likeness (QED) is 0.649. The molecule has 132 valence electrons. The predicted molar refractivity (Wildman–Crippen MR) is 86.9 cm³/mol. The summed E-state index contributed by atoms with van der Waals surface area (Å²) in [6.45, 7) is 2.51. The van der Waals surface area contributed by atoms with Crippen molar-refractivity contribution in [2.75, 3.05) is 6.61 Å². The maximum atomic E-state index is 12.2. The zero-order chi connectivity index (χ0) is 18.2. The summed E-state index contributed by atoms with van der Waals surface area (Å²) >= 11 is 6.11. The van der Waals surface area contributed by atoms with Crippen LogP contribution in [0.1, 0.15) is 16.8 Å². The van der Waals surface area contributed by atoms with Crippen LogP contribution >= 0.6 is 11.6 Å². The van der Waals surface area contributed by atoms with Gasteiger partial charge in [0.25, 0.3) is 0 Å². The third kappa shape index (κ3) is 4.19. The van der Waals surface area contributed by atoms with Crippen molar-refractivity contribution in [3.8, 4) is 5.88 Å². The number of pyridine rings is 2. The molecule has 0 bridgehead atoms. The lowest BCUT2D eigenvalue weighted by Gasteiger charge is -2.11. The fraction of sp³-hybridized carbons (Fsp3) is 0.312. The Hall–Kier alpha value is -2.35. The highest BCUT2D eigenvalue weighted by Crippen LogP contribution is 2.23. The van der Waals surface area contributed by atoms with Gasteiger partial charge in [-0.05, 0) is 31.5 Å². The Morgan fingerprint density at radius 2 is 2.00 bits per heavy atom. The molecule has 0 unspecified atom stereocenters. The Morgan fingerprint density at radius 1 is 1.24 bits per heavy atom. The van der Waals surface area contributed by atoms with Gasteiger partial charge in [-0.15, -0.1) is 0 Å². The Balaban J connectivity index is 1.79. The van der Waals surface area contributed by atoms with Crippen LogP contribution in [0.2, 0.25) is 5.15 Å². The molecule has 0 saturated carbocycles. The fourth-order valence-electron chi connectivity index (χ4n) is 2.42. The molecular weight excluding hydrogens is 357 g/mol. The summed E-state index contributed by atoms with van der Waals surface area (Å²) in [5, 5.41) is 5.55. The van der Waals surface area contributed by atoms with E-state index in [1.54, 1.807) is 23.9 Å². The van der Waals surface area contributed by atoms with Gasteiger partial charge in [0.05, 0.1) is 17.4 Å². The molecule has 0 N–H and O–H groups in total. The zero-order valence-electron chi connectivity index (χ0n) is 13.4. The van der Waals surface area contributed by atoms with E-state index >= 15 is 0 Å². The largest absolute Gasteiger partial charge is 0.468 e. The van der Waals surface area contributed by atoms with Gasteiger partial charge in [-0.2, -0.15) is 18.3 Å². The number of aryl methyl sites for hydroxylation is 2. The minimum Gasteiger partial charge on any atom is -0.468 e. The maximum Gasteiger partial charge on any atom is 0.422 e. The first kappa shape index (κ1) is 17.5. The first-order valence-corrected chi connectivity index (χ1v) is 7.74. The molecule has 5 nitrogen and oxygen atoms in total. The van der Waals surface area contributed by atoms with Crippen molar-refractivity contribution in [1.29, 1.82) is 0 Å². The van der Waals surface area contributed by atoms with Crippen LogP contribution in [0.5, 0.6) is 5.88 Å². The summed E-state index contributed by atoms with van der Waals surface area (Å²) in [7, 11) is 0. The average molecular weight is 371 g/mol. The second kappa shape index (κ2) is 6.51. The van der Waals surface area contributed by atoms with Crippen LogP contribution in [0.25, 0.3) is 10.9 Å². The molecule has 0 aromatic carbocycles. The molecule has 0 fully saturated rings. The Bertz CT molecular complexity index is 924. The summed E-state index contributed by atoms with van der Waals surface area (Å²) in [5.74, 6) is -0.0328. The number of nitrogens with zero attached hydrogens (tertiary/aromatic N) is 4. The first-order valence-electron chi connectivity index (χ1n) is 7.36. The van der Waals surface area contributed by atoms with E-state index in [-0.39, 0.29) is 5.88 Å². The molecule has 0 radical (unpaired) electrons. The lowest BCUT2D eigenvalue weighted by molar-refractivity contribution is -0.154. The third-order valence-corrected chi connectivity index (χ3v) is 3.72. The highest BCUT2D eigenvalue weighted by molar-refractivity contribution is 6.34. The van der Waals surface area contributed by atoms with Gasteiger partial charge in [-0.3, -0.25) is 4.68 Å². The van der Waals surface area contributed by atoms with Crippen molar-refractivity contribution in [3.05, 3.63) is 46.5 Å². The van der Waals surface area contributed by atoms with Gasteiger partial charge in [0, 0.05) is 23.7 Å². The molecule has 0 amide bonds. The summed E-state index contributed by atoms with van der Waals surface area (Å²) in [6.07, 6.45) is -1.16. The van der Waals surface area contributed by atoms with E-state index in [4.69, 9.17) is 16.3 Å². The molecule has 25 heavy (non-hydrogen) atoms. The molecular formula is C16H14ClF3N4O. The van der Waals surface area contributed by atoms with Crippen molar-refractivity contribution in [2.45, 2.75) is 26.6 Å². The molecule has 0 spiro atoms. The third-order valence-electron chi connectivity index (χ3n) is 3.44. The van der Waals surface area contributed by atoms with E-state index in [1.165, 1.54) is 6.20 Å². The van der Waals surface area contributed by atoms with E-state index in [0.717, 1.165) is 22.2 Å². The highest BCUT2D eigenvalue weighted by Gasteiger charge is 2.29. The number of fused-ring (bicyclic) bond motifs is 1. The summed E-state index contributed by atoms with van der Waals surface area (Å²) in [5.41, 5.74) is 2.80. The number of rotatable bonds is 4. The topological polar surface area (TPSA) is 52.8 Å². The molecule has 0 aliphatic rings. The smallest absolute Gasteiger partial charge is 0.422 e. The monoisotopic (exact) mass is 370 g/mol. The number of hydrogen-bond donors (Lipinski definition) is 0. The van der Waals surface area contributed by atoms with Gasteiger partial charge in [0.15, 0.2) is 6.61 Å². The van der Waals surface area contributed by atoms with Crippen molar-refractivity contribution in [3.63, 3.8) is 0 Å². The highest BCUT2D eigenvalue weighted by atomic mass is 35.5. The molecule has 3 rings (SSSR count). The average Bonchev–Trinajstić information content (AvgIpc) is 2.88. The number of ether oxygens (including phenoxy) is 1. The maximum absolute atomic E-state index is 12.2. The number of halogens is 4. The second-order valence-electron chi connectivity index (χ2n) is 5.68. The van der Waals surface area contributed by atoms with E-state index in [1.807, 2.05) is 13.0 Å². The predicted octanol–water partition coefficient (Wildman–Crippen LogP) is 4.09. The van der Waals surface area contributed by atoms with E-state index in [9.17, 15) is 13.2 Å². The molecule has 0 saturated heterocycles. The number of hydrogen-bond acceptors (Lipinski definition) is 4. The Labute approximate surface area is 146 Å². The molecule has 3 aromatic rings. The van der Waals surface area contributed by atoms with Gasteiger partial charge >= 0.3 is 6.18 Å². The van der Waals surface area contributed by atoms with Crippen molar-refractivity contribution >= 4 is 22.5 Å². The first-order chi connectivity index (χ1) is 11.7. The molecule has 0 atom stereocenters. The van der Waals surface area contributed by atoms with Gasteiger partial charge in [-0.1, -0.05) is 11.6 Å². The van der Waals surface area contributed by atoms with Crippen LogP contribution in [0.3, 0.4) is 0 Å². The molecule has 0 aliphatic heterocycles. The van der Waals surface area contributed by atoms with Crippen LogP contribution < -0.4 is 4.74 Å². The Morgan fingerprint density at radius 3 is 2.68 bits per heavy atom. The minimum absolute atomic E-state index is 0.0328. The van der Waals surface area contributed by atoms with Crippen LogP contribution in [0, 0.1) is 13.8 Å². The van der Waals surface area contributed by atoms with Gasteiger partial charge < -0.3 is 4.74 Å². The molecule has 9 heteroatoms. The van der Waals surface area contributed by atoms with Crippen LogP contribution in [-0.4, -0.2) is 32.5 Å². The van der Waals surface area contributed by atoms with Gasteiger partial charge in [0.2, 0.25) is 5.88 Å². The van der Waals surface area contributed by atoms with Crippen LogP contribution in [0.4, 0.5) is 13.2 Å². The minimum atomic E-state index is -4.40. The molecule has 3 heterocycles. The van der Waals surface area contributed by atoms with Crippen LogP contribution in [-0.2, 0) is 6.54 Å². The molecule has 0 aliphatic carbocycles. The lowest BCUT2D eigenvalue weighted by Crippen LogP contribution is -2.20. The van der Waals surface area contributed by atoms with Gasteiger partial charge in [-0.25, -0.2) is 9.97 Å².